The number of rotatable bonds is 7. The summed E-state index contributed by atoms with van der Waals surface area (Å²) < 4.78 is 5.84. The summed E-state index contributed by atoms with van der Waals surface area (Å²) in [6.45, 7) is 8.22. The van der Waals surface area contributed by atoms with E-state index >= 15 is 0 Å². The minimum atomic E-state index is -0.479. The van der Waals surface area contributed by atoms with Crippen molar-refractivity contribution in [1.82, 2.24) is 5.32 Å². The zero-order chi connectivity index (χ0) is 17.5. The van der Waals surface area contributed by atoms with Crippen molar-refractivity contribution in [2.24, 2.45) is 0 Å². The maximum absolute atomic E-state index is 12.7. The van der Waals surface area contributed by atoms with Gasteiger partial charge in [0, 0.05) is 0 Å². The van der Waals surface area contributed by atoms with Crippen molar-refractivity contribution in [3.63, 3.8) is 0 Å². The molecule has 2 aromatic carbocycles. The van der Waals surface area contributed by atoms with E-state index < -0.39 is 6.10 Å². The van der Waals surface area contributed by atoms with Crippen molar-refractivity contribution in [3.8, 4) is 5.75 Å². The molecule has 1 N–H and O–H groups in total. The molecule has 0 radical (unpaired) electrons. The summed E-state index contributed by atoms with van der Waals surface area (Å²) in [6.07, 6.45) is 0.994. The normalized spacial score (nSPS) is 13.2. The molecule has 3 heteroatoms. The molecular weight excluding hydrogens is 298 g/mol. The van der Waals surface area contributed by atoms with Crippen LogP contribution in [-0.4, -0.2) is 12.0 Å². The zero-order valence-electron chi connectivity index (χ0n) is 15.0. The first-order chi connectivity index (χ1) is 11.5. The molecule has 0 saturated carbocycles. The molecule has 0 aliphatic carbocycles. The molecule has 0 aliphatic heterocycles. The van der Waals surface area contributed by atoms with Crippen molar-refractivity contribution in [2.45, 2.75) is 52.7 Å². The average Bonchev–Trinajstić information content (AvgIpc) is 2.58. The van der Waals surface area contributed by atoms with Crippen LogP contribution in [0.25, 0.3) is 0 Å². The van der Waals surface area contributed by atoms with Gasteiger partial charge in [0.25, 0.3) is 5.91 Å². The molecule has 128 valence electrons. The van der Waals surface area contributed by atoms with Crippen LogP contribution >= 0.6 is 0 Å². The lowest BCUT2D eigenvalue weighted by atomic mass is 9.97. The van der Waals surface area contributed by atoms with Crippen LogP contribution in [0.15, 0.2) is 48.5 Å². The van der Waals surface area contributed by atoms with Crippen LogP contribution in [0.5, 0.6) is 5.75 Å². The lowest BCUT2D eigenvalue weighted by molar-refractivity contribution is -0.128. The molecular formula is C21H27NO2. The van der Waals surface area contributed by atoms with E-state index in [4.69, 9.17) is 4.74 Å². The number of carbonyl (C=O) groups excluding carboxylic acids is 1. The van der Waals surface area contributed by atoms with Crippen molar-refractivity contribution < 1.29 is 9.53 Å². The predicted molar refractivity (Wildman–Crippen MR) is 98.2 cm³/mol. The number of ether oxygens (including phenoxy) is 1. The largest absolute Gasteiger partial charge is 0.481 e. The summed E-state index contributed by atoms with van der Waals surface area (Å²) in [5, 5.41) is 3.15. The first kappa shape index (κ1) is 18.1. The van der Waals surface area contributed by atoms with E-state index in [9.17, 15) is 4.79 Å². The van der Waals surface area contributed by atoms with Crippen LogP contribution in [0.2, 0.25) is 0 Å². The maximum atomic E-state index is 12.7. The topological polar surface area (TPSA) is 38.3 Å². The van der Waals surface area contributed by atoms with Crippen LogP contribution in [0.1, 0.15) is 49.4 Å². The minimum Gasteiger partial charge on any atom is -0.481 e. The van der Waals surface area contributed by atoms with Crippen LogP contribution in [-0.2, 0) is 4.79 Å². The fraction of sp³-hybridized carbons (Fsp3) is 0.381. The highest BCUT2D eigenvalue weighted by molar-refractivity contribution is 5.81. The number of aryl methyl sites for hydroxylation is 2. The summed E-state index contributed by atoms with van der Waals surface area (Å²) in [4.78, 5) is 12.7. The van der Waals surface area contributed by atoms with Gasteiger partial charge in [0.2, 0.25) is 0 Å². The lowest BCUT2D eigenvalue weighted by Gasteiger charge is -2.23. The first-order valence-electron chi connectivity index (χ1n) is 8.64. The third-order valence-corrected chi connectivity index (χ3v) is 4.21. The molecule has 1 amide bonds. The molecule has 2 atom stereocenters. The quantitative estimate of drug-likeness (QED) is 0.799. The Morgan fingerprint density at radius 1 is 1.04 bits per heavy atom. The van der Waals surface area contributed by atoms with Gasteiger partial charge in [-0.15, -0.1) is 0 Å². The molecule has 2 unspecified atom stereocenters. The van der Waals surface area contributed by atoms with Crippen LogP contribution in [0, 0.1) is 13.8 Å². The molecule has 0 bridgehead atoms. The lowest BCUT2D eigenvalue weighted by Crippen LogP contribution is -2.40. The molecule has 2 aromatic rings. The van der Waals surface area contributed by atoms with E-state index in [1.807, 2.05) is 37.3 Å². The molecule has 0 saturated heterocycles. The zero-order valence-corrected chi connectivity index (χ0v) is 15.0. The van der Waals surface area contributed by atoms with Crippen LogP contribution in [0.3, 0.4) is 0 Å². The monoisotopic (exact) mass is 325 g/mol. The van der Waals surface area contributed by atoms with E-state index in [0.717, 1.165) is 12.2 Å². The molecule has 3 nitrogen and oxygen atoms in total. The van der Waals surface area contributed by atoms with Gasteiger partial charge in [-0.3, -0.25) is 4.79 Å². The maximum Gasteiger partial charge on any atom is 0.261 e. The third-order valence-electron chi connectivity index (χ3n) is 4.21. The van der Waals surface area contributed by atoms with Gasteiger partial charge in [-0.1, -0.05) is 55.8 Å². The van der Waals surface area contributed by atoms with Crippen LogP contribution in [0.4, 0.5) is 0 Å². The highest BCUT2D eigenvalue weighted by Gasteiger charge is 2.22. The highest BCUT2D eigenvalue weighted by Crippen LogP contribution is 2.22. The second-order valence-electron chi connectivity index (χ2n) is 6.16. The van der Waals surface area contributed by atoms with E-state index in [1.54, 1.807) is 0 Å². The fourth-order valence-electron chi connectivity index (χ4n) is 2.87. The molecule has 2 rings (SSSR count). The number of carbonyl (C=O) groups is 1. The number of benzene rings is 2. The van der Waals surface area contributed by atoms with Gasteiger partial charge in [-0.05, 0) is 49.9 Å². The third kappa shape index (κ3) is 4.60. The Bertz CT molecular complexity index is 667. The van der Waals surface area contributed by atoms with Gasteiger partial charge in [0.15, 0.2) is 6.10 Å². The number of hydrogen-bond acceptors (Lipinski definition) is 2. The SMILES string of the molecule is CCC(Oc1ccccc1)C(=O)NC(CC)c1ccc(C)cc1C. The fourth-order valence-corrected chi connectivity index (χ4v) is 2.87. The standard InChI is InChI=1S/C21H27NO2/c1-5-19(18-13-12-15(3)14-16(18)4)22-21(23)20(6-2)24-17-10-8-7-9-11-17/h7-14,19-20H,5-6H2,1-4H3,(H,22,23). The van der Waals surface area contributed by atoms with Crippen molar-refractivity contribution in [2.75, 3.05) is 0 Å². The smallest absolute Gasteiger partial charge is 0.261 e. The van der Waals surface area contributed by atoms with Gasteiger partial charge >= 0.3 is 0 Å². The van der Waals surface area contributed by atoms with Gasteiger partial charge in [-0.2, -0.15) is 0 Å². The number of hydrogen-bond donors (Lipinski definition) is 1. The molecule has 24 heavy (non-hydrogen) atoms. The summed E-state index contributed by atoms with van der Waals surface area (Å²) in [5.74, 6) is 0.659. The molecule has 0 spiro atoms. The van der Waals surface area contributed by atoms with Gasteiger partial charge < -0.3 is 10.1 Å². The van der Waals surface area contributed by atoms with Gasteiger partial charge in [-0.25, -0.2) is 0 Å². The van der Waals surface area contributed by atoms with Crippen molar-refractivity contribution in [1.29, 1.82) is 0 Å². The predicted octanol–water partition coefficient (Wildman–Crippen LogP) is 4.73. The highest BCUT2D eigenvalue weighted by atomic mass is 16.5. The Morgan fingerprint density at radius 2 is 1.75 bits per heavy atom. The van der Waals surface area contributed by atoms with Gasteiger partial charge in [0.05, 0.1) is 6.04 Å². The Balaban J connectivity index is 2.09. The Kier molecular flexibility index (Phi) is 6.42. The first-order valence-corrected chi connectivity index (χ1v) is 8.64. The summed E-state index contributed by atoms with van der Waals surface area (Å²) in [7, 11) is 0. The van der Waals surface area contributed by atoms with E-state index in [-0.39, 0.29) is 11.9 Å². The molecule has 0 heterocycles. The van der Waals surface area contributed by atoms with Crippen molar-refractivity contribution in [3.05, 3.63) is 65.2 Å². The van der Waals surface area contributed by atoms with Crippen LogP contribution < -0.4 is 10.1 Å². The van der Waals surface area contributed by atoms with E-state index in [0.29, 0.717) is 6.42 Å². The number of nitrogens with one attached hydrogen (secondary N) is 1. The number of amides is 1. The van der Waals surface area contributed by atoms with E-state index in [2.05, 4.69) is 44.3 Å². The molecule has 0 aromatic heterocycles. The summed E-state index contributed by atoms with van der Waals surface area (Å²) in [6, 6.07) is 15.9. The average molecular weight is 325 g/mol. The minimum absolute atomic E-state index is 0.00604. The Hall–Kier alpha value is -2.29. The second-order valence-corrected chi connectivity index (χ2v) is 6.16. The Labute approximate surface area is 145 Å². The van der Waals surface area contributed by atoms with E-state index in [1.165, 1.54) is 16.7 Å². The summed E-state index contributed by atoms with van der Waals surface area (Å²) in [5.41, 5.74) is 3.61. The second kappa shape index (κ2) is 8.53. The van der Waals surface area contributed by atoms with Gasteiger partial charge in [0.1, 0.15) is 5.75 Å². The Morgan fingerprint density at radius 3 is 2.33 bits per heavy atom. The molecule has 0 aliphatic rings. The van der Waals surface area contributed by atoms with Crippen molar-refractivity contribution >= 4 is 5.91 Å². The summed E-state index contributed by atoms with van der Waals surface area (Å²) >= 11 is 0. The number of para-hydroxylation sites is 1. The molecule has 0 fully saturated rings.